The Morgan fingerprint density at radius 2 is 1.97 bits per heavy atom. The first kappa shape index (κ1) is 21.8. The summed E-state index contributed by atoms with van der Waals surface area (Å²) in [6.45, 7) is 6.01. The molecular formula is C26H30N4O2. The maximum absolute atomic E-state index is 13.1. The Hall–Kier alpha value is -3.41. The molecule has 1 fully saturated rings. The lowest BCUT2D eigenvalue weighted by molar-refractivity contribution is -0.136. The minimum atomic E-state index is -0.261. The normalized spacial score (nSPS) is 17.5. The molecule has 166 valence electrons. The Kier molecular flexibility index (Phi) is 6.69. The van der Waals surface area contributed by atoms with E-state index in [2.05, 4.69) is 65.9 Å². The molecule has 1 aliphatic heterocycles. The third kappa shape index (κ3) is 5.25. The fourth-order valence-electron chi connectivity index (χ4n) is 4.28. The topological polar surface area (TPSA) is 67.2 Å². The van der Waals surface area contributed by atoms with Crippen LogP contribution in [0, 0.1) is 18.8 Å². The van der Waals surface area contributed by atoms with Crippen LogP contribution in [0.15, 0.2) is 67.0 Å². The van der Waals surface area contributed by atoms with Crippen LogP contribution >= 0.6 is 0 Å². The molecule has 3 aromatic rings. The third-order valence-corrected chi connectivity index (χ3v) is 6.03. The molecule has 2 heterocycles. The van der Waals surface area contributed by atoms with Crippen molar-refractivity contribution in [2.45, 2.75) is 26.8 Å². The fourth-order valence-corrected chi connectivity index (χ4v) is 4.28. The van der Waals surface area contributed by atoms with Crippen molar-refractivity contribution in [1.29, 1.82) is 0 Å². The molecule has 32 heavy (non-hydrogen) atoms. The van der Waals surface area contributed by atoms with Gasteiger partial charge in [0.15, 0.2) is 0 Å². The summed E-state index contributed by atoms with van der Waals surface area (Å²) >= 11 is 0. The number of benzene rings is 2. The van der Waals surface area contributed by atoms with Gasteiger partial charge in [-0.05, 0) is 36.1 Å². The Morgan fingerprint density at radius 1 is 1.16 bits per heavy atom. The standard InChI is InChI=1S/C26H30N4O2/c1-19-5-3-6-23(15-19)22-9-7-21(8-10-22)16-24-18-29(14-12-27-25(24)31)26(32)20(2)17-30-13-4-11-28-30/h3-11,13,15,20,24H,12,14,16-18H2,1-2H3,(H,27,31)/t20-,24+/m1/s1. The zero-order chi connectivity index (χ0) is 22.5. The number of rotatable bonds is 6. The van der Waals surface area contributed by atoms with Gasteiger partial charge in [-0.25, -0.2) is 0 Å². The molecule has 6 nitrogen and oxygen atoms in total. The molecule has 4 rings (SSSR count). The van der Waals surface area contributed by atoms with E-state index >= 15 is 0 Å². The average Bonchev–Trinajstić information content (AvgIpc) is 3.23. The second-order valence-corrected chi connectivity index (χ2v) is 8.67. The molecule has 0 radical (unpaired) electrons. The Bertz CT molecular complexity index is 1060. The summed E-state index contributed by atoms with van der Waals surface area (Å²) in [4.78, 5) is 27.6. The van der Waals surface area contributed by atoms with Crippen molar-refractivity contribution in [3.63, 3.8) is 0 Å². The van der Waals surface area contributed by atoms with Gasteiger partial charge in [0.1, 0.15) is 0 Å². The number of amides is 2. The summed E-state index contributed by atoms with van der Waals surface area (Å²) in [6.07, 6.45) is 4.18. The number of carbonyl (C=O) groups excluding carboxylic acids is 2. The highest BCUT2D eigenvalue weighted by atomic mass is 16.2. The molecule has 2 atom stereocenters. The first-order valence-corrected chi connectivity index (χ1v) is 11.2. The molecule has 2 aromatic carbocycles. The Labute approximate surface area is 189 Å². The van der Waals surface area contributed by atoms with Gasteiger partial charge in [0, 0.05) is 32.0 Å². The number of hydrogen-bond donors (Lipinski definition) is 1. The van der Waals surface area contributed by atoms with Crippen molar-refractivity contribution in [2.75, 3.05) is 19.6 Å². The van der Waals surface area contributed by atoms with Gasteiger partial charge in [-0.15, -0.1) is 0 Å². The zero-order valence-corrected chi connectivity index (χ0v) is 18.7. The Morgan fingerprint density at radius 3 is 2.69 bits per heavy atom. The van der Waals surface area contributed by atoms with E-state index in [1.807, 2.05) is 24.1 Å². The van der Waals surface area contributed by atoms with Crippen LogP contribution in [0.25, 0.3) is 11.1 Å². The van der Waals surface area contributed by atoms with Crippen LogP contribution in [0.3, 0.4) is 0 Å². The molecule has 1 N–H and O–H groups in total. The predicted molar refractivity (Wildman–Crippen MR) is 125 cm³/mol. The molecule has 2 amide bonds. The number of nitrogens with zero attached hydrogens (tertiary/aromatic N) is 3. The minimum absolute atomic E-state index is 0.0165. The molecule has 0 bridgehead atoms. The second-order valence-electron chi connectivity index (χ2n) is 8.67. The van der Waals surface area contributed by atoms with Gasteiger partial charge >= 0.3 is 0 Å². The lowest BCUT2D eigenvalue weighted by Gasteiger charge is -2.26. The van der Waals surface area contributed by atoms with Crippen LogP contribution in [0.4, 0.5) is 0 Å². The van der Waals surface area contributed by atoms with E-state index in [9.17, 15) is 9.59 Å². The first-order valence-electron chi connectivity index (χ1n) is 11.2. The van der Waals surface area contributed by atoms with E-state index < -0.39 is 0 Å². The van der Waals surface area contributed by atoms with Crippen molar-refractivity contribution in [1.82, 2.24) is 20.0 Å². The molecule has 0 spiro atoms. The molecule has 1 aromatic heterocycles. The number of carbonyl (C=O) groups is 2. The van der Waals surface area contributed by atoms with E-state index in [0.717, 1.165) is 11.1 Å². The van der Waals surface area contributed by atoms with Crippen LogP contribution in [0.2, 0.25) is 0 Å². The second kappa shape index (κ2) is 9.81. The van der Waals surface area contributed by atoms with Gasteiger partial charge in [-0.3, -0.25) is 14.3 Å². The molecule has 6 heteroatoms. The highest BCUT2D eigenvalue weighted by Gasteiger charge is 2.30. The molecule has 1 aliphatic rings. The van der Waals surface area contributed by atoms with Crippen LogP contribution in [0.1, 0.15) is 18.1 Å². The highest BCUT2D eigenvalue weighted by molar-refractivity contribution is 5.83. The third-order valence-electron chi connectivity index (χ3n) is 6.03. The number of aromatic nitrogens is 2. The van der Waals surface area contributed by atoms with E-state index in [-0.39, 0.29) is 23.7 Å². The molecule has 1 saturated heterocycles. The average molecular weight is 431 g/mol. The van der Waals surface area contributed by atoms with Gasteiger partial charge in [0.05, 0.1) is 18.4 Å². The monoisotopic (exact) mass is 430 g/mol. The smallest absolute Gasteiger partial charge is 0.227 e. The van der Waals surface area contributed by atoms with Gasteiger partial charge in [-0.2, -0.15) is 5.10 Å². The summed E-state index contributed by atoms with van der Waals surface area (Å²) in [5, 5.41) is 7.18. The van der Waals surface area contributed by atoms with E-state index in [4.69, 9.17) is 0 Å². The predicted octanol–water partition coefficient (Wildman–Crippen LogP) is 3.31. The summed E-state index contributed by atoms with van der Waals surface area (Å²) in [5.74, 6) is -0.375. The van der Waals surface area contributed by atoms with Crippen LogP contribution in [-0.2, 0) is 22.6 Å². The maximum Gasteiger partial charge on any atom is 0.227 e. The van der Waals surface area contributed by atoms with Crippen molar-refractivity contribution in [3.05, 3.63) is 78.1 Å². The number of aryl methyl sites for hydroxylation is 1. The Balaban J connectivity index is 1.42. The minimum Gasteiger partial charge on any atom is -0.354 e. The van der Waals surface area contributed by atoms with E-state index in [1.165, 1.54) is 11.1 Å². The lowest BCUT2D eigenvalue weighted by Crippen LogP contribution is -2.41. The van der Waals surface area contributed by atoms with Gasteiger partial charge in [0.2, 0.25) is 11.8 Å². The van der Waals surface area contributed by atoms with Gasteiger partial charge < -0.3 is 10.2 Å². The van der Waals surface area contributed by atoms with Crippen molar-refractivity contribution in [2.24, 2.45) is 11.8 Å². The maximum atomic E-state index is 13.1. The zero-order valence-electron chi connectivity index (χ0n) is 18.7. The quantitative estimate of drug-likeness (QED) is 0.652. The number of nitrogens with one attached hydrogen (secondary N) is 1. The van der Waals surface area contributed by atoms with Crippen LogP contribution in [-0.4, -0.2) is 46.1 Å². The van der Waals surface area contributed by atoms with E-state index in [0.29, 0.717) is 32.6 Å². The summed E-state index contributed by atoms with van der Waals surface area (Å²) in [6, 6.07) is 18.7. The van der Waals surface area contributed by atoms with Crippen molar-refractivity contribution >= 4 is 11.8 Å². The largest absolute Gasteiger partial charge is 0.354 e. The van der Waals surface area contributed by atoms with Crippen LogP contribution in [0.5, 0.6) is 0 Å². The molecule has 0 saturated carbocycles. The lowest BCUT2D eigenvalue weighted by atomic mass is 9.95. The fraction of sp³-hybridized carbons (Fsp3) is 0.346. The molecule has 0 aliphatic carbocycles. The van der Waals surface area contributed by atoms with Crippen LogP contribution < -0.4 is 5.32 Å². The van der Waals surface area contributed by atoms with Gasteiger partial charge in [-0.1, -0.05) is 61.0 Å². The molecule has 0 unspecified atom stereocenters. The summed E-state index contributed by atoms with van der Waals surface area (Å²) in [5.41, 5.74) is 4.67. The number of hydrogen-bond acceptors (Lipinski definition) is 3. The molecular weight excluding hydrogens is 400 g/mol. The highest BCUT2D eigenvalue weighted by Crippen LogP contribution is 2.22. The first-order chi connectivity index (χ1) is 15.5. The SMILES string of the molecule is Cc1cccc(-c2ccc(C[C@H]3CN(C(=O)[C@H](C)Cn4cccn4)CCNC3=O)cc2)c1. The van der Waals surface area contributed by atoms with Crippen molar-refractivity contribution < 1.29 is 9.59 Å². The van der Waals surface area contributed by atoms with Gasteiger partial charge in [0.25, 0.3) is 0 Å². The summed E-state index contributed by atoms with van der Waals surface area (Å²) in [7, 11) is 0. The van der Waals surface area contributed by atoms with E-state index in [1.54, 1.807) is 10.9 Å². The summed E-state index contributed by atoms with van der Waals surface area (Å²) < 4.78 is 1.77. The van der Waals surface area contributed by atoms with Crippen molar-refractivity contribution in [3.8, 4) is 11.1 Å².